The highest BCUT2D eigenvalue weighted by Gasteiger charge is 2.51. The van der Waals surface area contributed by atoms with Crippen molar-refractivity contribution in [2.75, 3.05) is 4.90 Å². The number of anilines is 3. The van der Waals surface area contributed by atoms with E-state index in [0.717, 1.165) is 0 Å². The zero-order valence-corrected chi connectivity index (χ0v) is 38.5. The van der Waals surface area contributed by atoms with Crippen molar-refractivity contribution in [2.45, 2.75) is 84.0 Å². The smallest absolute Gasteiger partial charge is 0.333 e. The van der Waals surface area contributed by atoms with Gasteiger partial charge in [-0.3, -0.25) is 0 Å². The lowest BCUT2D eigenvalue weighted by molar-refractivity contribution is 0.521. The van der Waals surface area contributed by atoms with E-state index in [9.17, 15) is 0 Å². The molecule has 2 aliphatic carbocycles. The average molecular weight is 825 g/mol. The molecule has 2 aliphatic heterocycles. The molecule has 0 saturated heterocycles. The second kappa shape index (κ2) is 12.4. The second-order valence-corrected chi connectivity index (χ2v) is 21.7. The highest BCUT2D eigenvalue weighted by Crippen LogP contribution is 2.58. The van der Waals surface area contributed by atoms with Crippen molar-refractivity contribution >= 4 is 56.5 Å². The summed E-state index contributed by atoms with van der Waals surface area (Å²) in [5.74, 6) is 0. The molecule has 2 nitrogen and oxygen atoms in total. The first-order valence-corrected chi connectivity index (χ1v) is 23.3. The van der Waals surface area contributed by atoms with E-state index in [1.165, 1.54) is 122 Å². The van der Waals surface area contributed by atoms with Crippen molar-refractivity contribution in [1.29, 1.82) is 0 Å². The predicted octanol–water partition coefficient (Wildman–Crippen LogP) is 14.4. The fourth-order valence-corrected chi connectivity index (χ4v) is 12.9. The normalized spacial score (nSPS) is 16.5. The van der Waals surface area contributed by atoms with E-state index in [4.69, 9.17) is 0 Å². The van der Waals surface area contributed by atoms with Crippen molar-refractivity contribution in [3.05, 3.63) is 197 Å². The highest BCUT2D eigenvalue weighted by molar-refractivity contribution is 6.90. The van der Waals surface area contributed by atoms with Crippen LogP contribution in [0.15, 0.2) is 158 Å². The Balaban J connectivity index is 1.24. The maximum atomic E-state index is 2.81. The Hall–Kier alpha value is -6.58. The van der Waals surface area contributed by atoms with Crippen LogP contribution in [0.1, 0.15) is 101 Å². The van der Waals surface area contributed by atoms with Crippen LogP contribution < -0.4 is 15.8 Å². The van der Waals surface area contributed by atoms with Gasteiger partial charge in [0.15, 0.2) is 0 Å². The van der Waals surface area contributed by atoms with Crippen molar-refractivity contribution in [3.8, 4) is 33.5 Å². The predicted molar refractivity (Wildman–Crippen MR) is 272 cm³/mol. The van der Waals surface area contributed by atoms with Crippen LogP contribution in [0, 0.1) is 0 Å². The van der Waals surface area contributed by atoms with E-state index in [1.807, 2.05) is 0 Å². The summed E-state index contributed by atoms with van der Waals surface area (Å²) in [6.07, 6.45) is 0. The van der Waals surface area contributed by atoms with Crippen LogP contribution in [0.2, 0.25) is 0 Å². The van der Waals surface area contributed by atoms with E-state index in [1.54, 1.807) is 0 Å². The molecule has 3 heteroatoms. The quantitative estimate of drug-likeness (QED) is 0.158. The van der Waals surface area contributed by atoms with Crippen LogP contribution in [-0.4, -0.2) is 11.3 Å². The third-order valence-corrected chi connectivity index (χ3v) is 16.1. The number of aromatic nitrogens is 1. The van der Waals surface area contributed by atoms with Gasteiger partial charge >= 0.3 is 6.85 Å². The topological polar surface area (TPSA) is 8.17 Å². The zero-order valence-electron chi connectivity index (χ0n) is 38.5. The van der Waals surface area contributed by atoms with Crippen molar-refractivity contribution < 1.29 is 0 Å². The molecule has 0 fully saturated rings. The molecule has 1 aromatic heterocycles. The Morgan fingerprint density at radius 2 is 1.09 bits per heavy atom. The lowest BCUT2D eigenvalue weighted by Gasteiger charge is -2.47. The van der Waals surface area contributed by atoms with Gasteiger partial charge < -0.3 is 9.38 Å². The van der Waals surface area contributed by atoms with Crippen molar-refractivity contribution in [1.82, 2.24) is 4.48 Å². The van der Waals surface area contributed by atoms with E-state index in [-0.39, 0.29) is 28.5 Å². The maximum absolute atomic E-state index is 2.81. The molecule has 0 atom stereocenters. The van der Waals surface area contributed by atoms with Crippen molar-refractivity contribution in [2.24, 2.45) is 0 Å². The highest BCUT2D eigenvalue weighted by atomic mass is 15.2. The Kier molecular flexibility index (Phi) is 7.33. The summed E-state index contributed by atoms with van der Waals surface area (Å²) in [6, 6.07) is 61.0. The molecule has 64 heavy (non-hydrogen) atoms. The van der Waals surface area contributed by atoms with E-state index in [0.29, 0.717) is 0 Å². The Bertz CT molecular complexity index is 3520. The third-order valence-electron chi connectivity index (χ3n) is 16.1. The van der Waals surface area contributed by atoms with E-state index < -0.39 is 0 Å². The van der Waals surface area contributed by atoms with Gasteiger partial charge in [-0.05, 0) is 96.1 Å². The number of nitrogens with zero attached hydrogens (tertiary/aromatic N) is 2. The molecule has 0 unspecified atom stereocenters. The summed E-state index contributed by atoms with van der Waals surface area (Å²) in [7, 11) is 0. The fraction of sp³-hybridized carbons (Fsp3) is 0.213. The average Bonchev–Trinajstić information content (AvgIpc) is 3.77. The summed E-state index contributed by atoms with van der Waals surface area (Å²) in [4.78, 5) is 2.71. The van der Waals surface area contributed by atoms with Gasteiger partial charge in [-0.2, -0.15) is 0 Å². The minimum Gasteiger partial charge on any atom is -0.375 e. The summed E-state index contributed by atoms with van der Waals surface area (Å²) in [5, 5.41) is 3.91. The standard InChI is InChI=1S/C61H53BN2/c1-58(2,3)38-30-31-51(43(33-38)36-20-11-10-12-21-36)63-52-35-49-48(59(4,5)46-28-17-18-29-47(46)60(49,6)7)34-50(52)62-54-44(32-37-22-13-14-23-39(37)57(54)63)40-25-19-26-42-53-56(64(62)55(40)42)41-24-15-16-27-45(41)61(53,8)9/h10-35H,1-9H3. The minimum atomic E-state index is -0.227. The molecule has 0 radical (unpaired) electrons. The second-order valence-electron chi connectivity index (χ2n) is 21.7. The summed E-state index contributed by atoms with van der Waals surface area (Å²) < 4.78 is 2.81. The number of fused-ring (bicyclic) bond motifs is 13. The van der Waals surface area contributed by atoms with Crippen LogP contribution >= 0.6 is 0 Å². The number of benzene rings is 8. The molecule has 13 rings (SSSR count). The van der Waals surface area contributed by atoms with Crippen LogP contribution in [-0.2, 0) is 21.7 Å². The zero-order chi connectivity index (χ0) is 43.8. The van der Waals surface area contributed by atoms with Crippen LogP contribution in [0.25, 0.3) is 55.2 Å². The van der Waals surface area contributed by atoms with Crippen molar-refractivity contribution in [3.63, 3.8) is 0 Å². The molecular weight excluding hydrogens is 771 g/mol. The lowest BCUT2D eigenvalue weighted by Crippen LogP contribution is -2.57. The van der Waals surface area contributed by atoms with Gasteiger partial charge in [0.25, 0.3) is 0 Å². The van der Waals surface area contributed by atoms with Crippen LogP contribution in [0.3, 0.4) is 0 Å². The summed E-state index contributed by atoms with van der Waals surface area (Å²) >= 11 is 0. The first-order valence-electron chi connectivity index (χ1n) is 23.3. The molecule has 0 saturated carbocycles. The molecular formula is C61H53BN2. The largest absolute Gasteiger partial charge is 0.375 e. The summed E-state index contributed by atoms with van der Waals surface area (Å²) in [5.41, 5.74) is 25.0. The SMILES string of the molecule is CC(C)(C)c1ccc(N2c3cc4c(cc3B3c5c(cc6ccccc6c52)-c2cccc5c6c(n3c25)-c2ccccc2C6(C)C)C(C)(C)c2ccccc2C4(C)C)c(-c2ccccc2)c1. The van der Waals surface area contributed by atoms with E-state index >= 15 is 0 Å². The Labute approximate surface area is 378 Å². The van der Waals surface area contributed by atoms with Gasteiger partial charge in [-0.25, -0.2) is 0 Å². The number of hydrogen-bond donors (Lipinski definition) is 0. The molecule has 4 aliphatic rings. The Morgan fingerprint density at radius 1 is 0.469 bits per heavy atom. The van der Waals surface area contributed by atoms with Gasteiger partial charge in [-0.15, -0.1) is 0 Å². The molecule has 3 heterocycles. The fourth-order valence-electron chi connectivity index (χ4n) is 12.9. The molecule has 8 aromatic carbocycles. The van der Waals surface area contributed by atoms with E-state index in [2.05, 4.69) is 229 Å². The first-order chi connectivity index (χ1) is 30.7. The molecule has 0 N–H and O–H groups in total. The minimum absolute atomic E-state index is 0.0262. The first kappa shape index (κ1) is 37.9. The monoisotopic (exact) mass is 824 g/mol. The van der Waals surface area contributed by atoms with Gasteiger partial charge in [0.05, 0.1) is 11.4 Å². The van der Waals surface area contributed by atoms with Crippen LogP contribution in [0.4, 0.5) is 17.1 Å². The summed E-state index contributed by atoms with van der Waals surface area (Å²) in [6.45, 7) is 21.6. The molecule has 0 spiro atoms. The molecule has 310 valence electrons. The van der Waals surface area contributed by atoms with Gasteiger partial charge in [-0.1, -0.05) is 196 Å². The maximum Gasteiger partial charge on any atom is 0.333 e. The number of rotatable bonds is 2. The number of para-hydroxylation sites is 1. The lowest BCUT2D eigenvalue weighted by atomic mass is 9.43. The number of hydrogen-bond acceptors (Lipinski definition) is 1. The van der Waals surface area contributed by atoms with Gasteiger partial charge in [0.1, 0.15) is 0 Å². The molecule has 0 amide bonds. The van der Waals surface area contributed by atoms with Gasteiger partial charge in [0.2, 0.25) is 0 Å². The third kappa shape index (κ3) is 4.67. The van der Waals surface area contributed by atoms with Crippen LogP contribution in [0.5, 0.6) is 0 Å². The molecule has 0 bridgehead atoms. The molecule has 9 aromatic rings. The Morgan fingerprint density at radius 3 is 1.83 bits per heavy atom. The van der Waals surface area contributed by atoms with Gasteiger partial charge in [0, 0.05) is 60.6 Å².